The van der Waals surface area contributed by atoms with Crippen molar-refractivity contribution in [2.75, 3.05) is 7.11 Å². The van der Waals surface area contributed by atoms with Crippen LogP contribution in [0.5, 0.6) is 5.75 Å². The fourth-order valence-electron chi connectivity index (χ4n) is 1.74. The SMILES string of the molecule is COc1cc2c(C(N)C(=O)O)c[nH]c2c([At])c1F. The molecule has 0 aliphatic heterocycles. The summed E-state index contributed by atoms with van der Waals surface area (Å²) in [5.41, 5.74) is 6.54. The number of halogens is 1. The zero-order valence-electron chi connectivity index (χ0n) is 9.33. The number of ether oxygens (including phenoxy) is 1. The van der Waals surface area contributed by atoms with Crippen LogP contribution < -0.4 is 13.7 Å². The molecule has 5 nitrogen and oxygen atoms in total. The molecule has 7 heteroatoms. The van der Waals surface area contributed by atoms with E-state index in [0.717, 1.165) is 24.7 Å². The van der Waals surface area contributed by atoms with E-state index >= 15 is 0 Å². The van der Waals surface area contributed by atoms with Crippen molar-refractivity contribution in [3.8, 4) is 5.75 Å². The van der Waals surface area contributed by atoms with Crippen LogP contribution in [0.4, 0.5) is 4.39 Å². The van der Waals surface area contributed by atoms with Crippen molar-refractivity contribution in [2.24, 2.45) is 5.73 Å². The van der Waals surface area contributed by atoms with Gasteiger partial charge in [0, 0.05) is 0 Å². The first kappa shape index (κ1) is 13.2. The second kappa shape index (κ2) is 4.82. The topological polar surface area (TPSA) is 88.3 Å². The fraction of sp³-hybridized carbons (Fsp3) is 0.182. The summed E-state index contributed by atoms with van der Waals surface area (Å²) < 4.78 is 19.2. The molecule has 1 atom stereocenters. The van der Waals surface area contributed by atoms with E-state index in [9.17, 15) is 9.18 Å². The second-order valence-electron chi connectivity index (χ2n) is 3.69. The molecule has 96 valence electrons. The van der Waals surface area contributed by atoms with Crippen molar-refractivity contribution in [2.45, 2.75) is 6.04 Å². The van der Waals surface area contributed by atoms with Crippen LogP contribution in [0.15, 0.2) is 12.3 Å². The number of carboxylic acids is 1. The number of rotatable bonds is 3. The molecule has 2 rings (SSSR count). The van der Waals surface area contributed by atoms with Crippen molar-refractivity contribution < 1.29 is 43.7 Å². The number of nitrogens with one attached hydrogen (secondary N) is 1. The number of hydrogen-bond acceptors (Lipinski definition) is 3. The Morgan fingerprint density at radius 1 is 1.67 bits per heavy atom. The van der Waals surface area contributed by atoms with Crippen molar-refractivity contribution in [3.05, 3.63) is 23.6 Å². The van der Waals surface area contributed by atoms with Crippen LogP contribution in [0, 0.1) is 30.5 Å². The molecule has 4 N–H and O–H groups in total. The van der Waals surface area contributed by atoms with E-state index in [2.05, 4.69) is 4.98 Å². The van der Waals surface area contributed by atoms with Crippen molar-refractivity contribution in [1.82, 2.24) is 4.98 Å². The third kappa shape index (κ3) is 1.97. The van der Waals surface area contributed by atoms with Crippen LogP contribution in [-0.2, 0) is 4.79 Å². The number of aromatic nitrogens is 1. The maximum absolute atomic E-state index is 13.8. The Morgan fingerprint density at radius 2 is 2.33 bits per heavy atom. The van der Waals surface area contributed by atoms with Gasteiger partial charge in [-0.15, -0.1) is 0 Å². The number of methoxy groups -OCH3 is 1. The average molecular weight is 447 g/mol. The Balaban J connectivity index is 2.73. The van der Waals surface area contributed by atoms with Gasteiger partial charge < -0.3 is 0 Å². The Kier molecular flexibility index (Phi) is 3.55. The number of H-pyrrole nitrogens is 1. The van der Waals surface area contributed by atoms with E-state index in [0.29, 0.717) is 19.7 Å². The number of carbonyl (C=O) groups is 1. The van der Waals surface area contributed by atoms with E-state index in [1.54, 1.807) is 0 Å². The first-order valence-corrected chi connectivity index (χ1v) is 6.45. The summed E-state index contributed by atoms with van der Waals surface area (Å²) in [6, 6.07) is 0.307. The van der Waals surface area contributed by atoms with Crippen LogP contribution in [0.3, 0.4) is 0 Å². The van der Waals surface area contributed by atoms with Gasteiger partial charge in [0.2, 0.25) is 0 Å². The van der Waals surface area contributed by atoms with Gasteiger partial charge in [0.1, 0.15) is 0 Å². The monoisotopic (exact) mass is 447 g/mol. The van der Waals surface area contributed by atoms with E-state index < -0.39 is 17.8 Å². The van der Waals surface area contributed by atoms with Gasteiger partial charge in [-0.1, -0.05) is 0 Å². The maximum atomic E-state index is 13.8. The molecule has 0 fully saturated rings. The predicted molar refractivity (Wildman–Crippen MR) is 59.0 cm³/mol. The summed E-state index contributed by atoms with van der Waals surface area (Å²) in [5.74, 6) is -1.50. The summed E-state index contributed by atoms with van der Waals surface area (Å²) in [6.45, 7) is 0. The number of fused-ring (bicyclic) bond motifs is 1. The van der Waals surface area contributed by atoms with Crippen LogP contribution >= 0.6 is 0 Å². The van der Waals surface area contributed by atoms with Crippen LogP contribution in [0.1, 0.15) is 11.6 Å². The standard InChI is InChI=1S/C11H10AtFN2O3/c1-18-6-2-4-5(9(14)11(16)17)3-15-10(4)7(12)8(6)13/h2-3,9,15H,14H2,1H3,(H,16,17). The van der Waals surface area contributed by atoms with Gasteiger partial charge in [-0.2, -0.15) is 0 Å². The Morgan fingerprint density at radius 3 is 2.89 bits per heavy atom. The number of nitrogens with two attached hydrogens (primary N) is 1. The molecule has 18 heavy (non-hydrogen) atoms. The number of benzene rings is 1. The quantitative estimate of drug-likeness (QED) is 0.643. The molecule has 2 aromatic rings. The number of hydrogen-bond donors (Lipinski definition) is 3. The zero-order chi connectivity index (χ0) is 13.4. The minimum absolute atomic E-state index is 0.0819. The summed E-state index contributed by atoms with van der Waals surface area (Å²) in [6.07, 6.45) is 1.49. The molecular weight excluding hydrogens is 437 g/mol. The zero-order valence-corrected chi connectivity index (χ0v) is 12.3. The van der Waals surface area contributed by atoms with Crippen LogP contribution in [-0.4, -0.2) is 23.2 Å². The normalized spacial score (nSPS) is 12.7. The van der Waals surface area contributed by atoms with Crippen molar-refractivity contribution in [1.29, 1.82) is 0 Å². The Hall–Kier alpha value is -1.20. The molecule has 0 amide bonds. The Labute approximate surface area is 117 Å². The molecule has 0 saturated carbocycles. The molecule has 0 aliphatic rings. The predicted octanol–water partition coefficient (Wildman–Crippen LogP) is 0.575. The molecule has 1 aromatic carbocycles. The molecule has 1 aromatic heterocycles. The van der Waals surface area contributed by atoms with E-state index in [1.165, 1.54) is 19.4 Å². The average Bonchev–Trinajstić information content (AvgIpc) is 2.76. The van der Waals surface area contributed by atoms with Crippen molar-refractivity contribution in [3.63, 3.8) is 0 Å². The first-order valence-electron chi connectivity index (χ1n) is 4.98. The summed E-state index contributed by atoms with van der Waals surface area (Å²) in [5, 5.41) is 9.49. The van der Waals surface area contributed by atoms with Gasteiger partial charge in [0.15, 0.2) is 0 Å². The number of aromatic amines is 1. The number of carboxylic acid groups (broad SMARTS) is 1. The summed E-state index contributed by atoms with van der Waals surface area (Å²) >= 11 is 1.14. The van der Waals surface area contributed by atoms with Crippen molar-refractivity contribution >= 4 is 20.1 Å². The van der Waals surface area contributed by atoms with Gasteiger partial charge in [-0.3, -0.25) is 0 Å². The molecule has 1 heterocycles. The van der Waals surface area contributed by atoms with E-state index in [1.807, 2.05) is 0 Å². The van der Waals surface area contributed by atoms with Gasteiger partial charge in [0.05, 0.1) is 0 Å². The molecule has 1 unspecified atom stereocenters. The third-order valence-corrected chi connectivity index (χ3v) is 4.06. The van der Waals surface area contributed by atoms with Crippen LogP contribution in [0.2, 0.25) is 0 Å². The van der Waals surface area contributed by atoms with E-state index in [4.69, 9.17) is 15.6 Å². The number of aliphatic carboxylic acids is 1. The molecule has 0 radical (unpaired) electrons. The van der Waals surface area contributed by atoms with Crippen LogP contribution in [0.25, 0.3) is 10.9 Å². The van der Waals surface area contributed by atoms with Gasteiger partial charge in [-0.25, -0.2) is 0 Å². The van der Waals surface area contributed by atoms with Gasteiger partial charge >= 0.3 is 117 Å². The molecule has 0 aliphatic carbocycles. The second-order valence-corrected chi connectivity index (χ2v) is 5.16. The molecule has 0 bridgehead atoms. The summed E-state index contributed by atoms with van der Waals surface area (Å²) in [7, 11) is 1.36. The first-order chi connectivity index (χ1) is 8.47. The van der Waals surface area contributed by atoms with Gasteiger partial charge in [0.25, 0.3) is 0 Å². The fourth-order valence-corrected chi connectivity index (χ4v) is 2.71. The summed E-state index contributed by atoms with van der Waals surface area (Å²) in [4.78, 5) is 13.8. The molecular formula is C11H10AtFN2O3. The third-order valence-electron chi connectivity index (χ3n) is 2.68. The minimum atomic E-state index is -1.15. The van der Waals surface area contributed by atoms with Gasteiger partial charge in [-0.05, 0) is 0 Å². The molecule has 0 saturated heterocycles. The molecule has 0 spiro atoms. The Bertz CT molecular complexity index is 626. The van der Waals surface area contributed by atoms with E-state index in [-0.39, 0.29) is 5.75 Å².